The summed E-state index contributed by atoms with van der Waals surface area (Å²) < 4.78 is 0. The maximum atomic E-state index is 11.8. The third kappa shape index (κ3) is 6.43. The van der Waals surface area contributed by atoms with Gasteiger partial charge in [-0.25, -0.2) is 4.79 Å². The predicted molar refractivity (Wildman–Crippen MR) is 84.8 cm³/mol. The number of benzene rings is 1. The smallest absolute Gasteiger partial charge is 0.335 e. The minimum atomic E-state index is -0.947. The van der Waals surface area contributed by atoms with Crippen molar-refractivity contribution in [2.24, 2.45) is 0 Å². The number of nitrogens with one attached hydrogen (secondary N) is 1. The fraction of sp³-hybridized carbons (Fsp3) is 0.529. The summed E-state index contributed by atoms with van der Waals surface area (Å²) in [4.78, 5) is 22.7. The maximum absolute atomic E-state index is 11.8. The number of unbranched alkanes of at least 4 members (excludes halogenated alkanes) is 5. The molecule has 0 atom stereocenters. The molecule has 0 aliphatic heterocycles. The van der Waals surface area contributed by atoms with Crippen LogP contribution in [0.25, 0.3) is 0 Å². The summed E-state index contributed by atoms with van der Waals surface area (Å²) >= 11 is 0. The minimum absolute atomic E-state index is 0.00651. The Kier molecular flexibility index (Phi) is 7.51. The highest BCUT2D eigenvalue weighted by Crippen LogP contribution is 2.16. The van der Waals surface area contributed by atoms with E-state index in [0.29, 0.717) is 17.7 Å². The molecule has 0 saturated heterocycles. The molecule has 4 heteroatoms. The van der Waals surface area contributed by atoms with Gasteiger partial charge in [0.25, 0.3) is 0 Å². The van der Waals surface area contributed by atoms with E-state index in [9.17, 15) is 9.59 Å². The van der Waals surface area contributed by atoms with Crippen LogP contribution in [0.15, 0.2) is 18.2 Å². The van der Waals surface area contributed by atoms with E-state index in [0.717, 1.165) is 12.8 Å². The first-order chi connectivity index (χ1) is 10.0. The quantitative estimate of drug-likeness (QED) is 0.663. The van der Waals surface area contributed by atoms with Gasteiger partial charge in [-0.1, -0.05) is 39.0 Å². The Balaban J connectivity index is 2.34. The second kappa shape index (κ2) is 9.16. The number of carboxylic acids is 1. The van der Waals surface area contributed by atoms with Gasteiger partial charge in [0.1, 0.15) is 0 Å². The van der Waals surface area contributed by atoms with Crippen LogP contribution in [0, 0.1) is 6.92 Å². The van der Waals surface area contributed by atoms with E-state index in [1.807, 2.05) is 0 Å². The Morgan fingerprint density at radius 1 is 1.10 bits per heavy atom. The molecular weight excluding hydrogens is 266 g/mol. The Bertz CT molecular complexity index is 483. The van der Waals surface area contributed by atoms with E-state index in [1.54, 1.807) is 19.1 Å². The molecule has 1 amide bonds. The molecule has 116 valence electrons. The lowest BCUT2D eigenvalue weighted by Crippen LogP contribution is -2.11. The predicted octanol–water partition coefficient (Wildman–Crippen LogP) is 4.38. The van der Waals surface area contributed by atoms with Crippen LogP contribution in [0.1, 0.15) is 67.8 Å². The normalized spacial score (nSPS) is 10.4. The number of hydrogen-bond donors (Lipinski definition) is 2. The number of rotatable bonds is 9. The molecule has 1 aromatic rings. The van der Waals surface area contributed by atoms with E-state index in [1.165, 1.54) is 31.7 Å². The van der Waals surface area contributed by atoms with Crippen molar-refractivity contribution in [3.8, 4) is 0 Å². The van der Waals surface area contributed by atoms with Gasteiger partial charge in [-0.05, 0) is 37.1 Å². The van der Waals surface area contributed by atoms with Crippen LogP contribution in [-0.4, -0.2) is 17.0 Å². The summed E-state index contributed by atoms with van der Waals surface area (Å²) in [5.74, 6) is -0.953. The van der Waals surface area contributed by atoms with Crippen LogP contribution in [0.4, 0.5) is 5.69 Å². The molecule has 0 saturated carbocycles. The summed E-state index contributed by atoms with van der Waals surface area (Å²) in [6.07, 6.45) is 7.44. The van der Waals surface area contributed by atoms with Crippen molar-refractivity contribution >= 4 is 17.6 Å². The van der Waals surface area contributed by atoms with Gasteiger partial charge < -0.3 is 10.4 Å². The zero-order valence-electron chi connectivity index (χ0n) is 12.9. The van der Waals surface area contributed by atoms with Crippen LogP contribution in [0.3, 0.4) is 0 Å². The second-order valence-electron chi connectivity index (χ2n) is 5.40. The number of carbonyl (C=O) groups excluding carboxylic acids is 1. The van der Waals surface area contributed by atoms with Gasteiger partial charge in [-0.2, -0.15) is 0 Å². The lowest BCUT2D eigenvalue weighted by atomic mass is 10.1. The zero-order valence-corrected chi connectivity index (χ0v) is 12.9. The van der Waals surface area contributed by atoms with Gasteiger partial charge in [0.15, 0.2) is 0 Å². The molecule has 0 aliphatic rings. The van der Waals surface area contributed by atoms with E-state index in [-0.39, 0.29) is 11.5 Å². The van der Waals surface area contributed by atoms with Gasteiger partial charge >= 0.3 is 5.97 Å². The van der Waals surface area contributed by atoms with Gasteiger partial charge in [0.2, 0.25) is 5.91 Å². The van der Waals surface area contributed by atoms with Gasteiger partial charge in [0, 0.05) is 12.1 Å². The first-order valence-electron chi connectivity index (χ1n) is 7.68. The third-order valence-corrected chi connectivity index (χ3v) is 3.50. The van der Waals surface area contributed by atoms with E-state index >= 15 is 0 Å². The van der Waals surface area contributed by atoms with Crippen molar-refractivity contribution in [2.45, 2.75) is 58.8 Å². The third-order valence-electron chi connectivity index (χ3n) is 3.50. The molecule has 0 aliphatic carbocycles. The summed E-state index contributed by atoms with van der Waals surface area (Å²) in [5.41, 5.74) is 1.58. The SMILES string of the molecule is CCCCCCCCC(=O)Nc1ccc(C(=O)O)c(C)c1. The van der Waals surface area contributed by atoms with Crippen molar-refractivity contribution in [2.75, 3.05) is 5.32 Å². The monoisotopic (exact) mass is 291 g/mol. The van der Waals surface area contributed by atoms with Crippen LogP contribution in [0.2, 0.25) is 0 Å². The van der Waals surface area contributed by atoms with Crippen molar-refractivity contribution in [1.29, 1.82) is 0 Å². The van der Waals surface area contributed by atoms with Crippen molar-refractivity contribution < 1.29 is 14.7 Å². The molecule has 4 nitrogen and oxygen atoms in total. The van der Waals surface area contributed by atoms with Crippen LogP contribution < -0.4 is 5.32 Å². The average molecular weight is 291 g/mol. The van der Waals surface area contributed by atoms with E-state index in [4.69, 9.17) is 5.11 Å². The lowest BCUT2D eigenvalue weighted by molar-refractivity contribution is -0.116. The Hall–Kier alpha value is -1.84. The van der Waals surface area contributed by atoms with Gasteiger partial charge in [-0.15, -0.1) is 0 Å². The summed E-state index contributed by atoms with van der Waals surface area (Å²) in [6.45, 7) is 3.91. The number of carboxylic acid groups (broad SMARTS) is 1. The first kappa shape index (κ1) is 17.2. The number of aromatic carboxylic acids is 1. The average Bonchev–Trinajstić information content (AvgIpc) is 2.42. The van der Waals surface area contributed by atoms with Crippen molar-refractivity contribution in [3.63, 3.8) is 0 Å². The van der Waals surface area contributed by atoms with Crippen LogP contribution >= 0.6 is 0 Å². The molecule has 21 heavy (non-hydrogen) atoms. The number of amides is 1. The van der Waals surface area contributed by atoms with Crippen molar-refractivity contribution in [1.82, 2.24) is 0 Å². The maximum Gasteiger partial charge on any atom is 0.335 e. The topological polar surface area (TPSA) is 66.4 Å². The molecule has 0 fully saturated rings. The molecule has 0 radical (unpaired) electrons. The Morgan fingerprint density at radius 2 is 1.76 bits per heavy atom. The second-order valence-corrected chi connectivity index (χ2v) is 5.40. The Morgan fingerprint density at radius 3 is 2.38 bits per heavy atom. The summed E-state index contributed by atoms with van der Waals surface area (Å²) in [6, 6.07) is 4.86. The molecule has 0 spiro atoms. The number of aryl methyl sites for hydroxylation is 1. The lowest BCUT2D eigenvalue weighted by Gasteiger charge is -2.08. The number of carbonyl (C=O) groups is 2. The summed E-state index contributed by atoms with van der Waals surface area (Å²) in [7, 11) is 0. The molecule has 0 heterocycles. The highest BCUT2D eigenvalue weighted by atomic mass is 16.4. The molecule has 0 bridgehead atoms. The molecule has 0 aromatic heterocycles. The molecule has 2 N–H and O–H groups in total. The zero-order chi connectivity index (χ0) is 15.7. The van der Waals surface area contributed by atoms with Gasteiger partial charge in [-0.3, -0.25) is 4.79 Å². The standard InChI is InChI=1S/C17H25NO3/c1-3-4-5-6-7-8-9-16(19)18-14-10-11-15(17(20)21)13(2)12-14/h10-12H,3-9H2,1-2H3,(H,18,19)(H,20,21). The minimum Gasteiger partial charge on any atom is -0.478 e. The Labute approximate surface area is 126 Å². The van der Waals surface area contributed by atoms with Crippen LogP contribution in [0.5, 0.6) is 0 Å². The number of hydrogen-bond acceptors (Lipinski definition) is 2. The fourth-order valence-electron chi connectivity index (χ4n) is 2.27. The van der Waals surface area contributed by atoms with Gasteiger partial charge in [0.05, 0.1) is 5.56 Å². The number of anilines is 1. The summed E-state index contributed by atoms with van der Waals surface area (Å²) in [5, 5.41) is 11.8. The molecule has 1 rings (SSSR count). The molecular formula is C17H25NO3. The molecule has 0 unspecified atom stereocenters. The largest absolute Gasteiger partial charge is 0.478 e. The fourth-order valence-corrected chi connectivity index (χ4v) is 2.27. The van der Waals surface area contributed by atoms with Crippen molar-refractivity contribution in [3.05, 3.63) is 29.3 Å². The first-order valence-corrected chi connectivity index (χ1v) is 7.68. The van der Waals surface area contributed by atoms with E-state index in [2.05, 4.69) is 12.2 Å². The highest BCUT2D eigenvalue weighted by Gasteiger charge is 2.08. The van der Waals surface area contributed by atoms with E-state index < -0.39 is 5.97 Å². The molecule has 1 aromatic carbocycles. The van der Waals surface area contributed by atoms with Crippen LogP contribution in [-0.2, 0) is 4.79 Å². The highest BCUT2D eigenvalue weighted by molar-refractivity contribution is 5.93.